The Balaban J connectivity index is 1.42. The summed E-state index contributed by atoms with van der Waals surface area (Å²) in [7, 11) is 4.61. The summed E-state index contributed by atoms with van der Waals surface area (Å²) in [5.74, 6) is 2.27. The highest BCUT2D eigenvalue weighted by atomic mass is 15.2. The molecule has 8 rings (SSSR count). The summed E-state index contributed by atoms with van der Waals surface area (Å²) in [6.07, 6.45) is 15.8. The monoisotopic (exact) mass is 612 g/mol. The summed E-state index contributed by atoms with van der Waals surface area (Å²) >= 11 is 0. The summed E-state index contributed by atoms with van der Waals surface area (Å²) in [5.41, 5.74) is 18.1. The van der Waals surface area contributed by atoms with E-state index in [0.717, 1.165) is 0 Å². The Morgan fingerprint density at radius 2 is 1.20 bits per heavy atom. The summed E-state index contributed by atoms with van der Waals surface area (Å²) < 4.78 is 0. The molecule has 0 saturated heterocycles. The van der Waals surface area contributed by atoms with Gasteiger partial charge in [0.2, 0.25) is 0 Å². The molecule has 46 heavy (non-hydrogen) atoms. The number of likely N-dealkylation sites (N-methyl/N-ethyl adjacent to an activating group) is 2. The number of hydrogen-bond donors (Lipinski definition) is 0. The number of fused-ring (bicyclic) bond motifs is 8. The smallest absolute Gasteiger partial charge is 0.0531 e. The number of benzene rings is 2. The molecule has 2 aromatic carbocycles. The average molecular weight is 613 g/mol. The standard InChI is InChI=1S/C44H56N2/c1-25-23-42(6,7)45(11)38-21-34-31(19-29(25)38)32-20-30-26(2)24-43(8,9)46(12)39(30)22-35(32)40(34)44(10)36-16-14-13-15-28(36)33-17-27(18-37(33)44)41(3,4)5/h17-24,28,36-37,40H,13-16H2,1-12H3. The minimum atomic E-state index is -0.0149. The van der Waals surface area contributed by atoms with Crippen LogP contribution < -0.4 is 9.80 Å². The molecule has 2 nitrogen and oxygen atoms in total. The Bertz CT molecular complexity index is 1720. The highest BCUT2D eigenvalue weighted by molar-refractivity contribution is 5.93. The van der Waals surface area contributed by atoms with Gasteiger partial charge in [-0.3, -0.25) is 0 Å². The van der Waals surface area contributed by atoms with Crippen molar-refractivity contribution >= 4 is 22.5 Å². The number of hydrogen-bond acceptors (Lipinski definition) is 2. The van der Waals surface area contributed by atoms with E-state index in [0.29, 0.717) is 23.7 Å². The van der Waals surface area contributed by atoms with Crippen LogP contribution in [0.3, 0.4) is 0 Å². The molecule has 0 N–H and O–H groups in total. The van der Waals surface area contributed by atoms with Gasteiger partial charge >= 0.3 is 0 Å². The number of allylic oxidation sites excluding steroid dienone is 6. The summed E-state index contributed by atoms with van der Waals surface area (Å²) in [4.78, 5) is 5.06. The Labute approximate surface area is 279 Å². The van der Waals surface area contributed by atoms with Gasteiger partial charge in [0.15, 0.2) is 0 Å². The molecule has 0 radical (unpaired) electrons. The van der Waals surface area contributed by atoms with Crippen LogP contribution in [-0.2, 0) is 0 Å². The third-order valence-corrected chi connectivity index (χ3v) is 13.9. The van der Waals surface area contributed by atoms with Crippen molar-refractivity contribution in [2.75, 3.05) is 23.9 Å². The maximum Gasteiger partial charge on any atom is 0.0531 e. The van der Waals surface area contributed by atoms with Crippen molar-refractivity contribution < 1.29 is 0 Å². The average Bonchev–Trinajstić information content (AvgIpc) is 3.63. The minimum absolute atomic E-state index is 0.0149. The van der Waals surface area contributed by atoms with Gasteiger partial charge in [-0.2, -0.15) is 0 Å². The number of anilines is 2. The Kier molecular flexibility index (Phi) is 6.15. The van der Waals surface area contributed by atoms with Crippen molar-refractivity contribution in [3.8, 4) is 11.1 Å². The molecule has 2 heteroatoms. The van der Waals surface area contributed by atoms with Crippen LogP contribution in [0.2, 0.25) is 0 Å². The summed E-state index contributed by atoms with van der Waals surface area (Å²) in [6, 6.07) is 10.5. The van der Waals surface area contributed by atoms with E-state index < -0.39 is 0 Å². The predicted molar refractivity (Wildman–Crippen MR) is 199 cm³/mol. The van der Waals surface area contributed by atoms with Gasteiger partial charge in [-0.25, -0.2) is 0 Å². The van der Waals surface area contributed by atoms with Crippen LogP contribution in [0.5, 0.6) is 0 Å². The topological polar surface area (TPSA) is 6.48 Å². The third-order valence-electron chi connectivity index (χ3n) is 13.9. The van der Waals surface area contributed by atoms with E-state index in [-0.39, 0.29) is 21.9 Å². The van der Waals surface area contributed by atoms with Gasteiger partial charge in [0.25, 0.3) is 0 Å². The summed E-state index contributed by atoms with van der Waals surface area (Å²) in [6.45, 7) is 24.0. The van der Waals surface area contributed by atoms with Gasteiger partial charge in [0.05, 0.1) is 11.1 Å². The molecule has 2 heterocycles. The lowest BCUT2D eigenvalue weighted by molar-refractivity contribution is 0.109. The molecule has 4 unspecified atom stereocenters. The van der Waals surface area contributed by atoms with Crippen LogP contribution in [0.15, 0.2) is 59.7 Å². The Hall–Kier alpha value is -3.00. The lowest BCUT2D eigenvalue weighted by atomic mass is 9.58. The van der Waals surface area contributed by atoms with Crippen molar-refractivity contribution in [1.29, 1.82) is 0 Å². The molecule has 0 bridgehead atoms. The van der Waals surface area contributed by atoms with E-state index in [1.165, 1.54) is 70.5 Å². The zero-order chi connectivity index (χ0) is 32.9. The van der Waals surface area contributed by atoms with Crippen LogP contribution in [0.25, 0.3) is 22.3 Å². The highest BCUT2D eigenvalue weighted by Crippen LogP contribution is 2.71. The first-order valence-corrected chi connectivity index (χ1v) is 18.1. The fourth-order valence-electron chi connectivity index (χ4n) is 11.0. The molecule has 2 saturated carbocycles. The molecule has 242 valence electrons. The van der Waals surface area contributed by atoms with Gasteiger partial charge in [-0.1, -0.05) is 70.4 Å². The van der Waals surface area contributed by atoms with Gasteiger partial charge < -0.3 is 9.80 Å². The first-order chi connectivity index (χ1) is 21.4. The molecule has 4 atom stereocenters. The van der Waals surface area contributed by atoms with Gasteiger partial charge in [-0.15, -0.1) is 0 Å². The maximum atomic E-state index is 2.74. The molecule has 2 fully saturated rings. The van der Waals surface area contributed by atoms with E-state index in [1.807, 2.05) is 0 Å². The maximum absolute atomic E-state index is 2.74. The molecule has 4 aliphatic carbocycles. The van der Waals surface area contributed by atoms with Crippen molar-refractivity contribution in [3.63, 3.8) is 0 Å². The van der Waals surface area contributed by atoms with Gasteiger partial charge in [0.1, 0.15) is 0 Å². The SMILES string of the molecule is CC1=CC(C)(C)N(C)c2cc3c(cc21)-c1cc2c(cc1C3C1(C)C3C=C(C(C)(C)C)C=C3C3CCCCC31)N(C)C(C)(C)C=C2C. The highest BCUT2D eigenvalue weighted by Gasteiger charge is 2.61. The van der Waals surface area contributed by atoms with Crippen LogP contribution >= 0.6 is 0 Å². The van der Waals surface area contributed by atoms with Gasteiger partial charge in [-0.05, 0) is 140 Å². The van der Waals surface area contributed by atoms with Crippen LogP contribution in [0.4, 0.5) is 11.4 Å². The molecule has 2 aliphatic heterocycles. The quantitative estimate of drug-likeness (QED) is 0.316. The molecule has 6 aliphatic rings. The molecular formula is C44H56N2. The normalized spacial score (nSPS) is 30.4. The van der Waals surface area contributed by atoms with Crippen LogP contribution in [0.1, 0.15) is 123 Å². The van der Waals surface area contributed by atoms with Crippen molar-refractivity contribution in [3.05, 3.63) is 82.0 Å². The van der Waals surface area contributed by atoms with E-state index in [4.69, 9.17) is 0 Å². The van der Waals surface area contributed by atoms with Crippen LogP contribution in [-0.4, -0.2) is 25.2 Å². The second-order valence-corrected chi connectivity index (χ2v) is 18.3. The van der Waals surface area contributed by atoms with E-state index in [9.17, 15) is 0 Å². The Morgan fingerprint density at radius 1 is 0.696 bits per heavy atom. The first-order valence-electron chi connectivity index (χ1n) is 18.1. The third kappa shape index (κ3) is 3.88. The van der Waals surface area contributed by atoms with Crippen molar-refractivity contribution in [2.24, 2.45) is 28.6 Å². The Morgan fingerprint density at radius 3 is 1.70 bits per heavy atom. The molecule has 2 aromatic rings. The number of nitrogens with zero attached hydrogens (tertiary/aromatic N) is 2. The van der Waals surface area contributed by atoms with Gasteiger partial charge in [0, 0.05) is 48.4 Å². The van der Waals surface area contributed by atoms with E-state index >= 15 is 0 Å². The number of rotatable bonds is 1. The lowest BCUT2D eigenvalue weighted by Gasteiger charge is -2.46. The van der Waals surface area contributed by atoms with Crippen LogP contribution in [0, 0.1) is 28.6 Å². The lowest BCUT2D eigenvalue weighted by Crippen LogP contribution is -2.42. The summed E-state index contributed by atoms with van der Waals surface area (Å²) in [5, 5.41) is 0. The van der Waals surface area contributed by atoms with Crippen molar-refractivity contribution in [1.82, 2.24) is 0 Å². The van der Waals surface area contributed by atoms with E-state index in [1.54, 1.807) is 22.3 Å². The van der Waals surface area contributed by atoms with E-state index in [2.05, 4.69) is 142 Å². The van der Waals surface area contributed by atoms with Crippen molar-refractivity contribution in [2.45, 2.75) is 112 Å². The minimum Gasteiger partial charge on any atom is -0.365 e. The predicted octanol–water partition coefficient (Wildman–Crippen LogP) is 11.4. The molecular weight excluding hydrogens is 556 g/mol. The largest absolute Gasteiger partial charge is 0.365 e. The second-order valence-electron chi connectivity index (χ2n) is 18.3. The second kappa shape index (κ2) is 9.33. The molecule has 0 amide bonds. The fourth-order valence-corrected chi connectivity index (χ4v) is 11.0. The first kappa shape index (κ1) is 30.3. The molecule has 0 aromatic heterocycles. The zero-order valence-corrected chi connectivity index (χ0v) is 30.7. The molecule has 0 spiro atoms. The zero-order valence-electron chi connectivity index (χ0n) is 30.7. The fraction of sp³-hybridized carbons (Fsp3) is 0.545.